The van der Waals surface area contributed by atoms with Gasteiger partial charge < -0.3 is 15.5 Å². The highest BCUT2D eigenvalue weighted by atomic mass is 35.5. The quantitative estimate of drug-likeness (QED) is 0.896. The third-order valence-corrected chi connectivity index (χ3v) is 3.92. The molecule has 0 bridgehead atoms. The molecule has 1 aromatic carbocycles. The molecule has 5 heteroatoms. The summed E-state index contributed by atoms with van der Waals surface area (Å²) in [5, 5.41) is 6.89. The highest BCUT2D eigenvalue weighted by molar-refractivity contribution is 6.30. The zero-order chi connectivity index (χ0) is 14.4. The normalized spacial score (nSPS) is 15.9. The number of benzene rings is 1. The van der Waals surface area contributed by atoms with Crippen LogP contribution in [0.3, 0.4) is 0 Å². The van der Waals surface area contributed by atoms with Gasteiger partial charge in [0.1, 0.15) is 0 Å². The molecular formula is C15H22ClN3O. The van der Waals surface area contributed by atoms with Crippen LogP contribution in [-0.4, -0.2) is 37.1 Å². The van der Waals surface area contributed by atoms with Crippen LogP contribution in [0.15, 0.2) is 24.3 Å². The molecule has 0 atom stereocenters. The van der Waals surface area contributed by atoms with Gasteiger partial charge >= 0.3 is 6.03 Å². The van der Waals surface area contributed by atoms with E-state index in [-0.39, 0.29) is 6.03 Å². The molecule has 0 unspecified atom stereocenters. The summed E-state index contributed by atoms with van der Waals surface area (Å²) in [6.45, 7) is 5.66. The summed E-state index contributed by atoms with van der Waals surface area (Å²) in [6, 6.07) is 7.19. The topological polar surface area (TPSA) is 44.4 Å². The maximum atomic E-state index is 12.3. The van der Waals surface area contributed by atoms with E-state index in [1.807, 2.05) is 24.0 Å². The van der Waals surface area contributed by atoms with Crippen LogP contribution >= 0.6 is 11.6 Å². The predicted octanol–water partition coefficient (Wildman–Crippen LogP) is 3.19. The fraction of sp³-hybridized carbons (Fsp3) is 0.533. The molecular weight excluding hydrogens is 274 g/mol. The summed E-state index contributed by atoms with van der Waals surface area (Å²) < 4.78 is 0. The number of urea groups is 1. The predicted molar refractivity (Wildman–Crippen MR) is 83.3 cm³/mol. The molecule has 1 heterocycles. The van der Waals surface area contributed by atoms with Crippen molar-refractivity contribution in [1.82, 2.24) is 10.2 Å². The van der Waals surface area contributed by atoms with Crippen LogP contribution in [0.2, 0.25) is 5.02 Å². The molecule has 0 saturated carbocycles. The zero-order valence-electron chi connectivity index (χ0n) is 11.9. The Morgan fingerprint density at radius 1 is 1.45 bits per heavy atom. The monoisotopic (exact) mass is 295 g/mol. The minimum Gasteiger partial charge on any atom is -0.325 e. The number of anilines is 1. The first kappa shape index (κ1) is 15.1. The van der Waals surface area contributed by atoms with E-state index in [9.17, 15) is 4.79 Å². The van der Waals surface area contributed by atoms with Gasteiger partial charge in [-0.25, -0.2) is 4.79 Å². The largest absolute Gasteiger partial charge is 0.325 e. The van der Waals surface area contributed by atoms with E-state index in [0.717, 1.165) is 44.7 Å². The van der Waals surface area contributed by atoms with Gasteiger partial charge in [0, 0.05) is 23.8 Å². The lowest BCUT2D eigenvalue weighted by Crippen LogP contribution is -2.41. The lowest BCUT2D eigenvalue weighted by atomic mass is 9.98. The number of carbonyl (C=O) groups excluding carboxylic acids is 1. The van der Waals surface area contributed by atoms with Crippen LogP contribution in [0, 0.1) is 5.92 Å². The van der Waals surface area contributed by atoms with Crippen LogP contribution in [0.4, 0.5) is 10.5 Å². The number of nitrogens with zero attached hydrogens (tertiary/aromatic N) is 1. The van der Waals surface area contributed by atoms with E-state index in [0.29, 0.717) is 10.9 Å². The lowest BCUT2D eigenvalue weighted by molar-refractivity contribution is 0.196. The minimum absolute atomic E-state index is 0.0479. The first-order valence-corrected chi connectivity index (χ1v) is 7.59. The Balaban J connectivity index is 1.91. The van der Waals surface area contributed by atoms with Gasteiger partial charge in [0.15, 0.2) is 0 Å². The maximum Gasteiger partial charge on any atom is 0.321 e. The third-order valence-electron chi connectivity index (χ3n) is 3.68. The summed E-state index contributed by atoms with van der Waals surface area (Å²) in [4.78, 5) is 14.2. The van der Waals surface area contributed by atoms with Gasteiger partial charge in [-0.05, 0) is 57.0 Å². The summed E-state index contributed by atoms with van der Waals surface area (Å²) in [5.41, 5.74) is 0.742. The van der Waals surface area contributed by atoms with E-state index >= 15 is 0 Å². The van der Waals surface area contributed by atoms with Crippen LogP contribution in [-0.2, 0) is 0 Å². The van der Waals surface area contributed by atoms with Crippen molar-refractivity contribution in [1.29, 1.82) is 0 Å². The Hall–Kier alpha value is -1.26. The minimum atomic E-state index is -0.0479. The third kappa shape index (κ3) is 4.39. The van der Waals surface area contributed by atoms with Crippen LogP contribution in [0.5, 0.6) is 0 Å². The second kappa shape index (κ2) is 7.50. The molecule has 1 saturated heterocycles. The number of halogens is 1. The first-order valence-electron chi connectivity index (χ1n) is 7.21. The highest BCUT2D eigenvalue weighted by Gasteiger charge is 2.19. The Labute approximate surface area is 125 Å². The van der Waals surface area contributed by atoms with Crippen LogP contribution < -0.4 is 10.6 Å². The van der Waals surface area contributed by atoms with Gasteiger partial charge in [0.25, 0.3) is 0 Å². The summed E-state index contributed by atoms with van der Waals surface area (Å²) in [7, 11) is 0. The number of hydrogen-bond acceptors (Lipinski definition) is 2. The molecule has 1 fully saturated rings. The number of nitrogens with one attached hydrogen (secondary N) is 2. The van der Waals surface area contributed by atoms with E-state index in [2.05, 4.69) is 10.6 Å². The van der Waals surface area contributed by atoms with Gasteiger partial charge in [-0.2, -0.15) is 0 Å². The molecule has 0 radical (unpaired) electrons. The number of rotatable bonds is 4. The van der Waals surface area contributed by atoms with Gasteiger partial charge in [0.2, 0.25) is 0 Å². The molecule has 2 N–H and O–H groups in total. The average molecular weight is 296 g/mol. The molecule has 0 aliphatic carbocycles. The molecule has 1 aromatic rings. The molecule has 4 nitrogen and oxygen atoms in total. The van der Waals surface area contributed by atoms with E-state index < -0.39 is 0 Å². The van der Waals surface area contributed by atoms with Crippen molar-refractivity contribution in [3.05, 3.63) is 29.3 Å². The summed E-state index contributed by atoms with van der Waals surface area (Å²) in [6.07, 6.45) is 2.28. The van der Waals surface area contributed by atoms with Crippen molar-refractivity contribution in [2.45, 2.75) is 19.8 Å². The van der Waals surface area contributed by atoms with Gasteiger partial charge in [0.05, 0.1) is 0 Å². The maximum absolute atomic E-state index is 12.3. The van der Waals surface area contributed by atoms with Crippen molar-refractivity contribution in [2.75, 3.05) is 31.5 Å². The molecule has 110 valence electrons. The molecule has 0 aromatic heterocycles. The molecule has 20 heavy (non-hydrogen) atoms. The van der Waals surface area contributed by atoms with E-state index in [1.54, 1.807) is 12.1 Å². The Kier molecular flexibility index (Phi) is 5.68. The van der Waals surface area contributed by atoms with E-state index in [4.69, 9.17) is 11.6 Å². The lowest BCUT2D eigenvalue weighted by Gasteiger charge is -2.29. The number of hydrogen-bond donors (Lipinski definition) is 2. The average Bonchev–Trinajstić information content (AvgIpc) is 2.45. The fourth-order valence-corrected chi connectivity index (χ4v) is 2.69. The summed E-state index contributed by atoms with van der Waals surface area (Å²) >= 11 is 5.93. The SMILES string of the molecule is CCN(CC1CCNCC1)C(=O)Nc1cccc(Cl)c1. The Morgan fingerprint density at radius 3 is 2.85 bits per heavy atom. The van der Waals surface area contributed by atoms with Crippen molar-refractivity contribution in [3.63, 3.8) is 0 Å². The zero-order valence-corrected chi connectivity index (χ0v) is 12.6. The van der Waals surface area contributed by atoms with Crippen molar-refractivity contribution < 1.29 is 4.79 Å². The van der Waals surface area contributed by atoms with Crippen LogP contribution in [0.25, 0.3) is 0 Å². The fourth-order valence-electron chi connectivity index (χ4n) is 2.50. The number of piperidine rings is 1. The molecule has 0 spiro atoms. The first-order chi connectivity index (χ1) is 9.69. The van der Waals surface area contributed by atoms with Crippen molar-refractivity contribution in [3.8, 4) is 0 Å². The second-order valence-electron chi connectivity index (χ2n) is 5.17. The van der Waals surface area contributed by atoms with Crippen molar-refractivity contribution in [2.24, 2.45) is 5.92 Å². The number of carbonyl (C=O) groups is 1. The van der Waals surface area contributed by atoms with Gasteiger partial charge in [-0.1, -0.05) is 17.7 Å². The summed E-state index contributed by atoms with van der Waals surface area (Å²) in [5.74, 6) is 0.598. The standard InChI is InChI=1S/C15H22ClN3O/c1-2-19(11-12-6-8-17-9-7-12)15(20)18-14-5-3-4-13(16)10-14/h3-5,10,12,17H,2,6-9,11H2,1H3,(H,18,20). The Bertz CT molecular complexity index is 446. The number of amides is 2. The van der Waals surface area contributed by atoms with Gasteiger partial charge in [-0.3, -0.25) is 0 Å². The molecule has 2 amide bonds. The second-order valence-corrected chi connectivity index (χ2v) is 5.61. The van der Waals surface area contributed by atoms with E-state index in [1.165, 1.54) is 0 Å². The molecule has 1 aliphatic rings. The Morgan fingerprint density at radius 2 is 2.20 bits per heavy atom. The smallest absolute Gasteiger partial charge is 0.321 e. The van der Waals surface area contributed by atoms with Gasteiger partial charge in [-0.15, -0.1) is 0 Å². The van der Waals surface area contributed by atoms with Crippen LogP contribution in [0.1, 0.15) is 19.8 Å². The molecule has 2 rings (SSSR count). The molecule has 1 aliphatic heterocycles. The highest BCUT2D eigenvalue weighted by Crippen LogP contribution is 2.17. The van der Waals surface area contributed by atoms with Crippen molar-refractivity contribution >= 4 is 23.3 Å².